The number of amides is 1. The summed E-state index contributed by atoms with van der Waals surface area (Å²) in [6.45, 7) is 3.61. The molecule has 0 radical (unpaired) electrons. The van der Waals surface area contributed by atoms with Crippen LogP contribution in [0.2, 0.25) is 5.02 Å². The van der Waals surface area contributed by atoms with Crippen LogP contribution in [0.5, 0.6) is 5.75 Å². The van der Waals surface area contributed by atoms with Gasteiger partial charge >= 0.3 is 5.97 Å². The number of ether oxygens (including phenoxy) is 2. The fourth-order valence-electron chi connectivity index (χ4n) is 1.87. The molecule has 116 valence electrons. The minimum Gasteiger partial charge on any atom is -0.496 e. The Hall–Kier alpha value is -1.75. The number of nitrogens with one attached hydrogen (secondary N) is 1. The largest absolute Gasteiger partial charge is 0.496 e. The van der Waals surface area contributed by atoms with Crippen molar-refractivity contribution < 1.29 is 19.1 Å². The SMILES string of the molecule is CCC[C@@H](C)NC(=O)COC(=O)c1cc(Cl)ccc1OC. The first-order valence-corrected chi connectivity index (χ1v) is 7.15. The summed E-state index contributed by atoms with van der Waals surface area (Å²) >= 11 is 5.84. The summed E-state index contributed by atoms with van der Waals surface area (Å²) in [5, 5.41) is 3.15. The zero-order valence-corrected chi connectivity index (χ0v) is 13.2. The number of methoxy groups -OCH3 is 1. The molecule has 0 heterocycles. The van der Waals surface area contributed by atoms with E-state index >= 15 is 0 Å². The maximum atomic E-state index is 12.0. The van der Waals surface area contributed by atoms with Gasteiger partial charge in [-0.1, -0.05) is 24.9 Å². The number of halogens is 1. The molecular weight excluding hydrogens is 294 g/mol. The van der Waals surface area contributed by atoms with Crippen molar-refractivity contribution in [2.75, 3.05) is 13.7 Å². The second kappa shape index (κ2) is 8.52. The van der Waals surface area contributed by atoms with Crippen molar-refractivity contribution in [3.63, 3.8) is 0 Å². The van der Waals surface area contributed by atoms with Crippen LogP contribution in [0.3, 0.4) is 0 Å². The van der Waals surface area contributed by atoms with E-state index in [0.717, 1.165) is 12.8 Å². The van der Waals surface area contributed by atoms with Gasteiger partial charge in [0.05, 0.1) is 7.11 Å². The molecule has 1 aromatic rings. The molecule has 21 heavy (non-hydrogen) atoms. The van der Waals surface area contributed by atoms with E-state index < -0.39 is 5.97 Å². The van der Waals surface area contributed by atoms with Gasteiger partial charge in [-0.2, -0.15) is 0 Å². The summed E-state index contributed by atoms with van der Waals surface area (Å²) in [6.07, 6.45) is 1.85. The minimum absolute atomic E-state index is 0.0573. The molecule has 1 rings (SSSR count). The first-order chi connectivity index (χ1) is 9.97. The van der Waals surface area contributed by atoms with E-state index in [2.05, 4.69) is 5.32 Å². The summed E-state index contributed by atoms with van der Waals surface area (Å²) < 4.78 is 10.0. The van der Waals surface area contributed by atoms with Crippen LogP contribution in [0.4, 0.5) is 0 Å². The van der Waals surface area contributed by atoms with Crippen molar-refractivity contribution in [1.82, 2.24) is 5.32 Å². The highest BCUT2D eigenvalue weighted by molar-refractivity contribution is 6.31. The van der Waals surface area contributed by atoms with E-state index in [1.807, 2.05) is 13.8 Å². The van der Waals surface area contributed by atoms with Crippen molar-refractivity contribution in [2.24, 2.45) is 0 Å². The topological polar surface area (TPSA) is 64.6 Å². The van der Waals surface area contributed by atoms with Gasteiger partial charge in [-0.15, -0.1) is 0 Å². The first kappa shape index (κ1) is 17.3. The maximum Gasteiger partial charge on any atom is 0.342 e. The molecule has 5 nitrogen and oxygen atoms in total. The summed E-state index contributed by atoms with van der Waals surface area (Å²) in [5.74, 6) is -0.623. The van der Waals surface area contributed by atoms with Gasteiger partial charge in [-0.25, -0.2) is 4.79 Å². The third-order valence-corrected chi connectivity index (χ3v) is 3.08. The highest BCUT2D eigenvalue weighted by Gasteiger charge is 2.16. The quantitative estimate of drug-likeness (QED) is 0.786. The van der Waals surface area contributed by atoms with Gasteiger partial charge in [0.15, 0.2) is 6.61 Å². The van der Waals surface area contributed by atoms with Crippen molar-refractivity contribution >= 4 is 23.5 Å². The Morgan fingerprint density at radius 1 is 1.38 bits per heavy atom. The lowest BCUT2D eigenvalue weighted by Gasteiger charge is -2.13. The molecule has 6 heteroatoms. The van der Waals surface area contributed by atoms with Gasteiger partial charge in [0.1, 0.15) is 11.3 Å². The zero-order chi connectivity index (χ0) is 15.8. The molecule has 0 saturated heterocycles. The van der Waals surface area contributed by atoms with Gasteiger partial charge in [0.2, 0.25) is 0 Å². The maximum absolute atomic E-state index is 12.0. The molecule has 0 aliphatic carbocycles. The molecule has 0 unspecified atom stereocenters. The van der Waals surface area contributed by atoms with E-state index in [1.165, 1.54) is 13.2 Å². The Morgan fingerprint density at radius 3 is 2.71 bits per heavy atom. The average Bonchev–Trinajstić information content (AvgIpc) is 2.44. The molecule has 0 saturated carbocycles. The van der Waals surface area contributed by atoms with Crippen molar-refractivity contribution in [3.05, 3.63) is 28.8 Å². The van der Waals surface area contributed by atoms with E-state index in [4.69, 9.17) is 21.1 Å². The summed E-state index contributed by atoms with van der Waals surface area (Å²) in [5.41, 5.74) is 0.194. The number of carbonyl (C=O) groups is 2. The standard InChI is InChI=1S/C15H20ClNO4/c1-4-5-10(2)17-14(18)9-21-15(19)12-8-11(16)6-7-13(12)20-3/h6-8,10H,4-5,9H2,1-3H3,(H,17,18)/t10-/m1/s1. The Balaban J connectivity index is 2.58. The molecule has 1 atom stereocenters. The number of hydrogen-bond donors (Lipinski definition) is 1. The van der Waals surface area contributed by atoms with Crippen LogP contribution in [0, 0.1) is 0 Å². The molecule has 0 aliphatic heterocycles. The van der Waals surface area contributed by atoms with Gasteiger partial charge in [0.25, 0.3) is 5.91 Å². The molecule has 1 amide bonds. The van der Waals surface area contributed by atoms with Crippen molar-refractivity contribution in [3.8, 4) is 5.75 Å². The molecule has 1 N–H and O–H groups in total. The molecule has 0 bridgehead atoms. The predicted molar refractivity (Wildman–Crippen MR) is 80.8 cm³/mol. The number of hydrogen-bond acceptors (Lipinski definition) is 4. The van der Waals surface area contributed by atoms with Crippen LogP contribution < -0.4 is 10.1 Å². The second-order valence-electron chi connectivity index (χ2n) is 4.68. The van der Waals surface area contributed by atoms with Gasteiger partial charge in [-0.05, 0) is 31.5 Å². The Morgan fingerprint density at radius 2 is 2.10 bits per heavy atom. The highest BCUT2D eigenvalue weighted by Crippen LogP contribution is 2.23. The molecule has 0 aliphatic rings. The molecule has 0 fully saturated rings. The fourth-order valence-corrected chi connectivity index (χ4v) is 2.04. The molecule has 1 aromatic carbocycles. The van der Waals surface area contributed by atoms with E-state index in [0.29, 0.717) is 10.8 Å². The van der Waals surface area contributed by atoms with Crippen LogP contribution >= 0.6 is 11.6 Å². The lowest BCUT2D eigenvalue weighted by atomic mass is 10.2. The third kappa shape index (κ3) is 5.63. The van der Waals surface area contributed by atoms with Crippen LogP contribution in [-0.2, 0) is 9.53 Å². The van der Waals surface area contributed by atoms with Gasteiger partial charge in [0, 0.05) is 11.1 Å². The third-order valence-electron chi connectivity index (χ3n) is 2.84. The summed E-state index contributed by atoms with van der Waals surface area (Å²) in [4.78, 5) is 23.6. The second-order valence-corrected chi connectivity index (χ2v) is 5.11. The lowest BCUT2D eigenvalue weighted by molar-refractivity contribution is -0.124. The summed E-state index contributed by atoms with van der Waals surface area (Å²) in [7, 11) is 1.44. The Kier molecular flexibility index (Phi) is 7.02. The lowest BCUT2D eigenvalue weighted by Crippen LogP contribution is -2.35. The number of carbonyl (C=O) groups excluding carboxylic acids is 2. The van der Waals surface area contributed by atoms with Gasteiger partial charge in [-0.3, -0.25) is 4.79 Å². The zero-order valence-electron chi connectivity index (χ0n) is 12.4. The molecular formula is C15H20ClNO4. The Bertz CT molecular complexity index is 504. The summed E-state index contributed by atoms with van der Waals surface area (Å²) in [6, 6.07) is 4.68. The van der Waals surface area contributed by atoms with Gasteiger partial charge < -0.3 is 14.8 Å². The number of esters is 1. The molecule has 0 aromatic heterocycles. The first-order valence-electron chi connectivity index (χ1n) is 6.78. The van der Waals surface area contributed by atoms with Crippen LogP contribution in [0.15, 0.2) is 18.2 Å². The number of benzene rings is 1. The van der Waals surface area contributed by atoms with Crippen LogP contribution in [0.25, 0.3) is 0 Å². The van der Waals surface area contributed by atoms with E-state index in [-0.39, 0.29) is 24.1 Å². The van der Waals surface area contributed by atoms with Crippen LogP contribution in [0.1, 0.15) is 37.0 Å². The highest BCUT2D eigenvalue weighted by atomic mass is 35.5. The van der Waals surface area contributed by atoms with E-state index in [1.54, 1.807) is 12.1 Å². The minimum atomic E-state index is -0.646. The van der Waals surface area contributed by atoms with E-state index in [9.17, 15) is 9.59 Å². The number of rotatable bonds is 7. The molecule has 0 spiro atoms. The monoisotopic (exact) mass is 313 g/mol. The normalized spacial score (nSPS) is 11.6. The van der Waals surface area contributed by atoms with Crippen LogP contribution in [-0.4, -0.2) is 31.6 Å². The smallest absolute Gasteiger partial charge is 0.342 e. The van der Waals surface area contributed by atoms with Crippen molar-refractivity contribution in [1.29, 1.82) is 0 Å². The van der Waals surface area contributed by atoms with Crippen molar-refractivity contribution in [2.45, 2.75) is 32.7 Å². The average molecular weight is 314 g/mol. The predicted octanol–water partition coefficient (Wildman–Crippen LogP) is 2.81. The fraction of sp³-hybridized carbons (Fsp3) is 0.467. The Labute approximate surface area is 129 Å².